The van der Waals surface area contributed by atoms with Gasteiger partial charge in [-0.15, -0.1) is 11.3 Å². The van der Waals surface area contributed by atoms with Crippen molar-refractivity contribution in [2.75, 3.05) is 24.7 Å². The highest BCUT2D eigenvalue weighted by Gasteiger charge is 2.04. The summed E-state index contributed by atoms with van der Waals surface area (Å²) in [5, 5.41) is 6.41. The highest BCUT2D eigenvalue weighted by molar-refractivity contribution is 7.13. The van der Waals surface area contributed by atoms with Gasteiger partial charge in [0.15, 0.2) is 5.13 Å². The van der Waals surface area contributed by atoms with Gasteiger partial charge in [-0.1, -0.05) is 0 Å². The predicted molar refractivity (Wildman–Crippen MR) is 68.5 cm³/mol. The molecule has 0 bridgehead atoms. The van der Waals surface area contributed by atoms with Gasteiger partial charge in [0.25, 0.3) is 5.56 Å². The molecule has 0 aliphatic carbocycles. The minimum absolute atomic E-state index is 0.150. The lowest BCUT2D eigenvalue weighted by Crippen LogP contribution is -2.24. The van der Waals surface area contributed by atoms with E-state index in [2.05, 4.69) is 10.1 Å². The van der Waals surface area contributed by atoms with Crippen LogP contribution in [0.2, 0.25) is 0 Å². The Morgan fingerprint density at radius 3 is 2.82 bits per heavy atom. The summed E-state index contributed by atoms with van der Waals surface area (Å²) in [6, 6.07) is 1.54. The monoisotopic (exact) mass is 251 g/mol. The third kappa shape index (κ3) is 2.62. The first-order valence-corrected chi connectivity index (χ1v) is 5.88. The van der Waals surface area contributed by atoms with Crippen molar-refractivity contribution in [3.63, 3.8) is 0 Å². The second kappa shape index (κ2) is 4.54. The van der Waals surface area contributed by atoms with Crippen LogP contribution in [-0.2, 0) is 6.54 Å². The summed E-state index contributed by atoms with van der Waals surface area (Å²) in [6.07, 6.45) is 1.65. The number of hydrogen-bond donors (Lipinski definition) is 1. The molecule has 2 heterocycles. The molecule has 0 aliphatic heterocycles. The molecule has 2 N–H and O–H groups in total. The number of nitrogens with two attached hydrogens (primary N) is 1. The molecule has 6 nitrogen and oxygen atoms in total. The molecule has 90 valence electrons. The molecule has 0 unspecified atom stereocenters. The molecular weight excluding hydrogens is 238 g/mol. The summed E-state index contributed by atoms with van der Waals surface area (Å²) in [7, 11) is 3.73. The van der Waals surface area contributed by atoms with Crippen LogP contribution in [0.5, 0.6) is 0 Å². The van der Waals surface area contributed by atoms with Gasteiger partial charge in [-0.2, -0.15) is 5.10 Å². The first kappa shape index (κ1) is 11.6. The summed E-state index contributed by atoms with van der Waals surface area (Å²) in [4.78, 5) is 17.7. The second-order valence-electron chi connectivity index (χ2n) is 3.78. The first-order chi connectivity index (χ1) is 8.06. The number of nitrogens with zero attached hydrogens (tertiary/aromatic N) is 4. The fourth-order valence-electron chi connectivity index (χ4n) is 1.34. The Kier molecular flexibility index (Phi) is 3.10. The quantitative estimate of drug-likeness (QED) is 0.854. The highest BCUT2D eigenvalue weighted by Crippen LogP contribution is 2.11. The zero-order valence-electron chi connectivity index (χ0n) is 9.62. The molecule has 7 heteroatoms. The molecule has 0 saturated carbocycles. The van der Waals surface area contributed by atoms with Crippen molar-refractivity contribution in [1.82, 2.24) is 14.8 Å². The second-order valence-corrected chi connectivity index (χ2v) is 4.67. The number of thiazole rings is 1. The molecule has 0 fully saturated rings. The summed E-state index contributed by atoms with van der Waals surface area (Å²) < 4.78 is 1.36. The molecule has 0 saturated heterocycles. The van der Waals surface area contributed by atoms with Gasteiger partial charge >= 0.3 is 0 Å². The molecule has 0 aromatic carbocycles. The Bertz CT molecular complexity index is 574. The van der Waals surface area contributed by atoms with Gasteiger partial charge in [0.1, 0.15) is 0 Å². The molecule has 0 amide bonds. The first-order valence-electron chi connectivity index (χ1n) is 5.00. The van der Waals surface area contributed by atoms with Crippen molar-refractivity contribution in [2.45, 2.75) is 6.54 Å². The molecule has 2 aromatic heterocycles. The van der Waals surface area contributed by atoms with Crippen LogP contribution in [0.25, 0.3) is 0 Å². The topological polar surface area (TPSA) is 77.0 Å². The van der Waals surface area contributed by atoms with Crippen LogP contribution < -0.4 is 16.2 Å². The van der Waals surface area contributed by atoms with Crippen LogP contribution in [0.1, 0.15) is 5.69 Å². The van der Waals surface area contributed by atoms with Gasteiger partial charge < -0.3 is 10.6 Å². The van der Waals surface area contributed by atoms with Crippen LogP contribution in [0.15, 0.2) is 22.4 Å². The lowest BCUT2D eigenvalue weighted by Gasteiger charge is -2.11. The van der Waals surface area contributed by atoms with Crippen molar-refractivity contribution in [1.29, 1.82) is 0 Å². The summed E-state index contributed by atoms with van der Waals surface area (Å²) >= 11 is 1.35. The maximum absolute atomic E-state index is 11.8. The third-order valence-corrected chi connectivity index (χ3v) is 2.98. The van der Waals surface area contributed by atoms with Gasteiger partial charge in [0, 0.05) is 25.5 Å². The van der Waals surface area contributed by atoms with E-state index < -0.39 is 0 Å². The van der Waals surface area contributed by atoms with E-state index in [1.807, 2.05) is 24.4 Å². The molecule has 2 aromatic rings. The largest absolute Gasteiger partial charge is 0.376 e. The Balaban J connectivity index is 2.25. The van der Waals surface area contributed by atoms with E-state index >= 15 is 0 Å². The number of rotatable bonds is 3. The number of nitrogen functional groups attached to an aromatic ring is 1. The van der Waals surface area contributed by atoms with Crippen molar-refractivity contribution < 1.29 is 0 Å². The van der Waals surface area contributed by atoms with E-state index in [9.17, 15) is 4.79 Å². The Labute approximate surface area is 102 Å². The SMILES string of the molecule is CN(C)c1cnn(Cc2csc(N)n2)c(=O)c1. The van der Waals surface area contributed by atoms with Crippen LogP contribution in [0, 0.1) is 0 Å². The minimum Gasteiger partial charge on any atom is -0.376 e. The Hall–Kier alpha value is -1.89. The zero-order chi connectivity index (χ0) is 12.4. The minimum atomic E-state index is -0.150. The number of aromatic nitrogens is 3. The fraction of sp³-hybridized carbons (Fsp3) is 0.300. The predicted octanol–water partition coefficient (Wildman–Crippen LogP) is 0.396. The molecule has 17 heavy (non-hydrogen) atoms. The number of hydrogen-bond acceptors (Lipinski definition) is 6. The van der Waals surface area contributed by atoms with E-state index in [0.717, 1.165) is 11.4 Å². The van der Waals surface area contributed by atoms with Gasteiger partial charge in [0.05, 0.1) is 24.1 Å². The van der Waals surface area contributed by atoms with Crippen LogP contribution in [0.3, 0.4) is 0 Å². The van der Waals surface area contributed by atoms with Gasteiger partial charge in [0.2, 0.25) is 0 Å². The van der Waals surface area contributed by atoms with Crippen molar-refractivity contribution >= 4 is 22.2 Å². The Morgan fingerprint density at radius 2 is 2.29 bits per heavy atom. The molecular formula is C10H13N5OS. The molecule has 0 radical (unpaired) electrons. The molecule has 0 spiro atoms. The van der Waals surface area contributed by atoms with Crippen LogP contribution in [-0.4, -0.2) is 28.9 Å². The van der Waals surface area contributed by atoms with Crippen molar-refractivity contribution in [3.8, 4) is 0 Å². The van der Waals surface area contributed by atoms with Crippen molar-refractivity contribution in [2.24, 2.45) is 0 Å². The molecule has 0 atom stereocenters. The average Bonchev–Trinajstić information content (AvgIpc) is 2.67. The smallest absolute Gasteiger partial charge is 0.269 e. The van der Waals surface area contributed by atoms with Gasteiger partial charge in [-0.3, -0.25) is 4.79 Å². The third-order valence-electron chi connectivity index (χ3n) is 2.25. The van der Waals surface area contributed by atoms with Gasteiger partial charge in [-0.25, -0.2) is 9.67 Å². The zero-order valence-corrected chi connectivity index (χ0v) is 10.4. The molecule has 0 aliphatic rings. The average molecular weight is 251 g/mol. The van der Waals surface area contributed by atoms with Gasteiger partial charge in [-0.05, 0) is 0 Å². The van der Waals surface area contributed by atoms with Crippen LogP contribution in [0.4, 0.5) is 10.8 Å². The van der Waals surface area contributed by atoms with E-state index in [4.69, 9.17) is 5.73 Å². The lowest BCUT2D eigenvalue weighted by molar-refractivity contribution is 0.630. The van der Waals surface area contributed by atoms with Crippen LogP contribution >= 0.6 is 11.3 Å². The lowest BCUT2D eigenvalue weighted by atomic mass is 10.4. The maximum atomic E-state index is 11.8. The summed E-state index contributed by atoms with van der Waals surface area (Å²) in [6.45, 7) is 0.347. The summed E-state index contributed by atoms with van der Waals surface area (Å²) in [5.74, 6) is 0. The number of anilines is 2. The summed E-state index contributed by atoms with van der Waals surface area (Å²) in [5.41, 5.74) is 6.91. The normalized spacial score (nSPS) is 10.5. The highest BCUT2D eigenvalue weighted by atomic mass is 32.1. The Morgan fingerprint density at radius 1 is 1.53 bits per heavy atom. The van der Waals surface area contributed by atoms with E-state index in [-0.39, 0.29) is 5.56 Å². The van der Waals surface area contributed by atoms with E-state index in [0.29, 0.717) is 11.7 Å². The standard InChI is InChI=1S/C10H13N5OS/c1-14(2)8-3-9(16)15(12-4-8)5-7-6-17-10(11)13-7/h3-4,6H,5H2,1-2H3,(H2,11,13). The fourth-order valence-corrected chi connectivity index (χ4v) is 1.89. The van der Waals surface area contributed by atoms with Crippen molar-refractivity contribution in [3.05, 3.63) is 33.7 Å². The van der Waals surface area contributed by atoms with E-state index in [1.165, 1.54) is 16.0 Å². The maximum Gasteiger partial charge on any atom is 0.269 e. The van der Waals surface area contributed by atoms with E-state index in [1.54, 1.807) is 12.3 Å². The molecule has 2 rings (SSSR count).